The topological polar surface area (TPSA) is 12.0 Å². The molecule has 0 aliphatic heterocycles. The minimum absolute atomic E-state index is 0.204. The van der Waals surface area contributed by atoms with Crippen LogP contribution in [0.4, 0.5) is 0 Å². The molecule has 1 rings (SSSR count). The van der Waals surface area contributed by atoms with Gasteiger partial charge in [-0.15, -0.1) is 0 Å². The van der Waals surface area contributed by atoms with Gasteiger partial charge in [-0.3, -0.25) is 0 Å². The third-order valence-corrected chi connectivity index (χ3v) is 6.04. The van der Waals surface area contributed by atoms with Gasteiger partial charge in [0, 0.05) is 27.4 Å². The number of thioether (sulfide) groups is 1. The van der Waals surface area contributed by atoms with Gasteiger partial charge in [-0.1, -0.05) is 37.0 Å². The first-order chi connectivity index (χ1) is 8.98. The molecule has 0 spiro atoms. The van der Waals surface area contributed by atoms with Gasteiger partial charge in [0.05, 0.1) is 0 Å². The average molecular weight is 320 g/mol. The fourth-order valence-electron chi connectivity index (χ4n) is 2.16. The largest absolute Gasteiger partial charge is 0.309 e. The van der Waals surface area contributed by atoms with Crippen molar-refractivity contribution in [3.05, 3.63) is 33.8 Å². The Bertz CT molecular complexity index is 397. The van der Waals surface area contributed by atoms with Crippen LogP contribution in [-0.2, 0) is 0 Å². The second-order valence-corrected chi connectivity index (χ2v) is 6.98. The molecular weight excluding hydrogens is 297 g/mol. The van der Waals surface area contributed by atoms with E-state index in [-0.39, 0.29) is 6.04 Å². The van der Waals surface area contributed by atoms with Gasteiger partial charge in [-0.05, 0) is 49.8 Å². The summed E-state index contributed by atoms with van der Waals surface area (Å²) in [5.41, 5.74) is 1.07. The van der Waals surface area contributed by atoms with Crippen LogP contribution in [-0.4, -0.2) is 17.5 Å². The van der Waals surface area contributed by atoms with E-state index in [2.05, 4.69) is 32.3 Å². The maximum atomic E-state index is 6.24. The summed E-state index contributed by atoms with van der Waals surface area (Å²) in [7, 11) is 0. The van der Waals surface area contributed by atoms with Crippen molar-refractivity contribution >= 4 is 35.0 Å². The molecule has 0 bridgehead atoms. The lowest BCUT2D eigenvalue weighted by Gasteiger charge is -2.31. The molecule has 0 fully saturated rings. The lowest BCUT2D eigenvalue weighted by Crippen LogP contribution is -2.37. The first-order valence-electron chi connectivity index (χ1n) is 6.71. The molecule has 0 amide bonds. The highest BCUT2D eigenvalue weighted by Gasteiger charge is 2.25. The normalized spacial score (nSPS) is 13.6. The Labute approximate surface area is 131 Å². The van der Waals surface area contributed by atoms with Crippen LogP contribution < -0.4 is 5.32 Å². The molecule has 0 heterocycles. The smallest absolute Gasteiger partial charge is 0.0454 e. The second kappa shape index (κ2) is 7.78. The zero-order valence-electron chi connectivity index (χ0n) is 12.1. The zero-order valence-corrected chi connectivity index (χ0v) is 14.4. The van der Waals surface area contributed by atoms with Crippen molar-refractivity contribution in [3.8, 4) is 0 Å². The van der Waals surface area contributed by atoms with E-state index in [1.54, 1.807) is 0 Å². The third kappa shape index (κ3) is 4.56. The lowest BCUT2D eigenvalue weighted by molar-refractivity contribution is 0.460. The van der Waals surface area contributed by atoms with Crippen LogP contribution in [0.2, 0.25) is 10.0 Å². The van der Waals surface area contributed by atoms with E-state index in [4.69, 9.17) is 23.2 Å². The van der Waals surface area contributed by atoms with Gasteiger partial charge in [0.15, 0.2) is 0 Å². The highest BCUT2D eigenvalue weighted by molar-refractivity contribution is 8.00. The summed E-state index contributed by atoms with van der Waals surface area (Å²) in [6.45, 7) is 7.61. The average Bonchev–Trinajstić information content (AvgIpc) is 2.43. The molecule has 1 nitrogen and oxygen atoms in total. The van der Waals surface area contributed by atoms with Gasteiger partial charge >= 0.3 is 0 Å². The first-order valence-corrected chi connectivity index (χ1v) is 8.69. The number of hydrogen-bond acceptors (Lipinski definition) is 2. The van der Waals surface area contributed by atoms with Gasteiger partial charge in [0.2, 0.25) is 0 Å². The minimum atomic E-state index is 0.204. The van der Waals surface area contributed by atoms with Crippen LogP contribution in [0.25, 0.3) is 0 Å². The Hall–Kier alpha value is 0.110. The fraction of sp³-hybridized carbons (Fsp3) is 0.600. The Balaban J connectivity index is 2.74. The summed E-state index contributed by atoms with van der Waals surface area (Å²) in [4.78, 5) is 0. The summed E-state index contributed by atoms with van der Waals surface area (Å²) < 4.78 is 0.305. The van der Waals surface area contributed by atoms with Crippen molar-refractivity contribution in [3.63, 3.8) is 0 Å². The molecule has 1 N–H and O–H groups in total. The number of rotatable bonds is 7. The number of halogens is 2. The minimum Gasteiger partial charge on any atom is -0.309 e. The van der Waals surface area contributed by atoms with Gasteiger partial charge < -0.3 is 5.32 Å². The Morgan fingerprint density at radius 1 is 1.26 bits per heavy atom. The molecule has 1 aromatic rings. The molecule has 0 saturated carbocycles. The van der Waals surface area contributed by atoms with Crippen molar-refractivity contribution in [2.24, 2.45) is 0 Å². The third-order valence-electron chi connectivity index (χ3n) is 3.88. The highest BCUT2D eigenvalue weighted by atomic mass is 35.5. The van der Waals surface area contributed by atoms with E-state index in [1.165, 1.54) is 0 Å². The molecule has 0 aromatic heterocycles. The standard InChI is InChI=1S/C15H23Cl2NS/c1-5-15(6-2,19-4)10-18-11(3)13-9-12(16)7-8-14(13)17/h7-9,11,18H,5-6,10H2,1-4H3. The van der Waals surface area contributed by atoms with E-state index >= 15 is 0 Å². The Morgan fingerprint density at radius 3 is 2.42 bits per heavy atom. The molecule has 4 heteroatoms. The zero-order chi connectivity index (χ0) is 14.5. The predicted octanol–water partition coefficient (Wildman–Crippen LogP) is 5.57. The number of nitrogens with one attached hydrogen (secondary N) is 1. The van der Waals surface area contributed by atoms with Crippen molar-refractivity contribution < 1.29 is 0 Å². The molecule has 0 radical (unpaired) electrons. The molecule has 0 aliphatic carbocycles. The quantitative estimate of drug-likeness (QED) is 0.705. The molecule has 0 aliphatic rings. The molecular formula is C15H23Cl2NS. The van der Waals surface area contributed by atoms with Crippen LogP contribution >= 0.6 is 35.0 Å². The Kier molecular flexibility index (Phi) is 7.02. The summed E-state index contributed by atoms with van der Waals surface area (Å²) in [6, 6.07) is 5.83. The van der Waals surface area contributed by atoms with Crippen LogP contribution in [0.5, 0.6) is 0 Å². The van der Waals surface area contributed by atoms with Crippen molar-refractivity contribution in [2.75, 3.05) is 12.8 Å². The Morgan fingerprint density at radius 2 is 1.89 bits per heavy atom. The van der Waals surface area contributed by atoms with Crippen LogP contribution in [0.15, 0.2) is 18.2 Å². The van der Waals surface area contributed by atoms with Crippen LogP contribution in [0.1, 0.15) is 45.2 Å². The monoisotopic (exact) mass is 319 g/mol. The van der Waals surface area contributed by atoms with Crippen molar-refractivity contribution in [2.45, 2.75) is 44.4 Å². The summed E-state index contributed by atoms with van der Waals surface area (Å²) in [5, 5.41) is 5.10. The van der Waals surface area contributed by atoms with Gasteiger partial charge in [-0.2, -0.15) is 11.8 Å². The van der Waals surface area contributed by atoms with Gasteiger partial charge in [0.25, 0.3) is 0 Å². The SMILES string of the molecule is CCC(CC)(CNC(C)c1cc(Cl)ccc1Cl)SC. The molecule has 108 valence electrons. The summed E-state index contributed by atoms with van der Waals surface area (Å²) >= 11 is 14.2. The molecule has 0 saturated heterocycles. The van der Waals surface area contributed by atoms with Crippen LogP contribution in [0, 0.1) is 0 Å². The molecule has 1 atom stereocenters. The van der Waals surface area contributed by atoms with E-state index in [0.29, 0.717) is 4.75 Å². The molecule has 1 aromatic carbocycles. The van der Waals surface area contributed by atoms with Crippen molar-refractivity contribution in [1.82, 2.24) is 5.32 Å². The maximum Gasteiger partial charge on any atom is 0.0454 e. The number of hydrogen-bond donors (Lipinski definition) is 1. The van der Waals surface area contributed by atoms with E-state index < -0.39 is 0 Å². The molecule has 19 heavy (non-hydrogen) atoms. The summed E-state index contributed by atoms with van der Waals surface area (Å²) in [6.07, 6.45) is 4.51. The lowest BCUT2D eigenvalue weighted by atomic mass is 10.0. The van der Waals surface area contributed by atoms with E-state index in [1.807, 2.05) is 30.0 Å². The van der Waals surface area contributed by atoms with Crippen molar-refractivity contribution in [1.29, 1.82) is 0 Å². The van der Waals surface area contributed by atoms with E-state index in [0.717, 1.165) is 35.0 Å². The van der Waals surface area contributed by atoms with Gasteiger partial charge in [0.1, 0.15) is 0 Å². The fourth-order valence-corrected chi connectivity index (χ4v) is 3.42. The first kappa shape index (κ1) is 17.2. The molecule has 1 unspecified atom stereocenters. The highest BCUT2D eigenvalue weighted by Crippen LogP contribution is 2.31. The maximum absolute atomic E-state index is 6.24. The van der Waals surface area contributed by atoms with Crippen LogP contribution in [0.3, 0.4) is 0 Å². The predicted molar refractivity (Wildman–Crippen MR) is 89.7 cm³/mol. The van der Waals surface area contributed by atoms with Gasteiger partial charge in [-0.25, -0.2) is 0 Å². The second-order valence-electron chi connectivity index (χ2n) is 4.86. The summed E-state index contributed by atoms with van der Waals surface area (Å²) in [5.74, 6) is 0. The number of benzene rings is 1. The van der Waals surface area contributed by atoms with E-state index in [9.17, 15) is 0 Å².